The molecule has 0 aromatic heterocycles. The largest absolute Gasteiger partial charge is 0.395 e. The van der Waals surface area contributed by atoms with Gasteiger partial charge in [-0.15, -0.1) is 0 Å². The smallest absolute Gasteiger partial charge is 0.0971 e. The van der Waals surface area contributed by atoms with Crippen molar-refractivity contribution in [2.75, 3.05) is 47.0 Å². The van der Waals surface area contributed by atoms with Gasteiger partial charge < -0.3 is 19.9 Å². The number of aliphatic hydroxyl groups is 1. The number of hydrogen-bond donors (Lipinski definition) is 2. The van der Waals surface area contributed by atoms with Crippen molar-refractivity contribution in [3.05, 3.63) is 0 Å². The molecule has 18 heavy (non-hydrogen) atoms. The molecule has 5 heteroatoms. The van der Waals surface area contributed by atoms with Gasteiger partial charge >= 0.3 is 0 Å². The number of likely N-dealkylation sites (tertiary alicyclic amines) is 1. The molecule has 108 valence electrons. The zero-order chi connectivity index (χ0) is 13.4. The molecule has 2 N–H and O–H groups in total. The molecular formula is C13H28N2O3. The van der Waals surface area contributed by atoms with Crippen molar-refractivity contribution in [3.8, 4) is 0 Å². The van der Waals surface area contributed by atoms with Gasteiger partial charge in [0.05, 0.1) is 18.8 Å². The summed E-state index contributed by atoms with van der Waals surface area (Å²) in [4.78, 5) is 2.35. The summed E-state index contributed by atoms with van der Waals surface area (Å²) in [6, 6.07) is 0.201. The van der Waals surface area contributed by atoms with Crippen molar-refractivity contribution in [3.63, 3.8) is 0 Å². The van der Waals surface area contributed by atoms with Crippen LogP contribution < -0.4 is 5.32 Å². The molecule has 5 nitrogen and oxygen atoms in total. The molecule has 3 unspecified atom stereocenters. The lowest BCUT2D eigenvalue weighted by Crippen LogP contribution is -2.37. The van der Waals surface area contributed by atoms with Crippen molar-refractivity contribution in [1.82, 2.24) is 10.2 Å². The highest BCUT2D eigenvalue weighted by molar-refractivity contribution is 4.86. The third kappa shape index (κ3) is 4.82. The van der Waals surface area contributed by atoms with Crippen LogP contribution in [0.2, 0.25) is 0 Å². The maximum Gasteiger partial charge on any atom is 0.0971 e. The predicted molar refractivity (Wildman–Crippen MR) is 71.8 cm³/mol. The molecule has 0 amide bonds. The Balaban J connectivity index is 2.26. The first-order valence-electron chi connectivity index (χ1n) is 6.87. The maximum absolute atomic E-state index is 9.29. The van der Waals surface area contributed by atoms with E-state index in [0.717, 1.165) is 39.0 Å². The molecule has 1 aliphatic heterocycles. The van der Waals surface area contributed by atoms with Gasteiger partial charge in [-0.2, -0.15) is 0 Å². The second-order valence-corrected chi connectivity index (χ2v) is 4.93. The van der Waals surface area contributed by atoms with Crippen LogP contribution in [0.4, 0.5) is 0 Å². The van der Waals surface area contributed by atoms with E-state index in [-0.39, 0.29) is 24.9 Å². The standard InChI is InChI=1S/C13H28N2O3/c1-4-6-14-11(10-16)5-7-15-8-12(17-2)13(9-15)18-3/h11-14,16H,4-10H2,1-3H3. The Bertz CT molecular complexity index is 204. The van der Waals surface area contributed by atoms with Crippen LogP contribution in [0.1, 0.15) is 19.8 Å². The summed E-state index contributed by atoms with van der Waals surface area (Å²) in [5.74, 6) is 0. The molecule has 0 aliphatic carbocycles. The Morgan fingerprint density at radius 1 is 1.28 bits per heavy atom. The van der Waals surface area contributed by atoms with Crippen LogP contribution in [0.25, 0.3) is 0 Å². The van der Waals surface area contributed by atoms with Crippen LogP contribution in [0.15, 0.2) is 0 Å². The van der Waals surface area contributed by atoms with E-state index in [4.69, 9.17) is 9.47 Å². The van der Waals surface area contributed by atoms with Crippen LogP contribution in [0.3, 0.4) is 0 Å². The van der Waals surface area contributed by atoms with Crippen molar-refractivity contribution < 1.29 is 14.6 Å². The normalized spacial score (nSPS) is 26.7. The zero-order valence-electron chi connectivity index (χ0n) is 11.9. The summed E-state index contributed by atoms with van der Waals surface area (Å²) < 4.78 is 10.8. The van der Waals surface area contributed by atoms with Gasteiger partial charge in [0.25, 0.3) is 0 Å². The number of rotatable bonds is 9. The van der Waals surface area contributed by atoms with Crippen molar-refractivity contribution in [2.45, 2.75) is 38.0 Å². The fourth-order valence-corrected chi connectivity index (χ4v) is 2.40. The fraction of sp³-hybridized carbons (Fsp3) is 1.00. The molecule has 3 atom stereocenters. The van der Waals surface area contributed by atoms with E-state index in [9.17, 15) is 5.11 Å². The number of methoxy groups -OCH3 is 2. The number of ether oxygens (including phenoxy) is 2. The first-order valence-corrected chi connectivity index (χ1v) is 6.87. The minimum Gasteiger partial charge on any atom is -0.395 e. The second-order valence-electron chi connectivity index (χ2n) is 4.93. The molecule has 1 saturated heterocycles. The first-order chi connectivity index (χ1) is 8.74. The third-order valence-electron chi connectivity index (χ3n) is 3.59. The predicted octanol–water partition coefficient (Wildman–Crippen LogP) is 0.0826. The monoisotopic (exact) mass is 260 g/mol. The van der Waals surface area contributed by atoms with Gasteiger partial charge in [0.15, 0.2) is 0 Å². The molecule has 1 fully saturated rings. The third-order valence-corrected chi connectivity index (χ3v) is 3.59. The van der Waals surface area contributed by atoms with Gasteiger partial charge in [0.2, 0.25) is 0 Å². The number of nitrogens with one attached hydrogen (secondary N) is 1. The van der Waals surface area contributed by atoms with Gasteiger partial charge in [0, 0.05) is 33.4 Å². The Labute approximate surface area is 110 Å². The summed E-state index contributed by atoms with van der Waals surface area (Å²) in [5, 5.41) is 12.6. The lowest BCUT2D eigenvalue weighted by molar-refractivity contribution is -0.00461. The average molecular weight is 260 g/mol. The molecule has 0 bridgehead atoms. The second kappa shape index (κ2) is 8.82. The van der Waals surface area contributed by atoms with E-state index in [0.29, 0.717) is 0 Å². The molecule has 0 aromatic rings. The van der Waals surface area contributed by atoms with Crippen molar-refractivity contribution >= 4 is 0 Å². The van der Waals surface area contributed by atoms with E-state index in [1.807, 2.05) is 0 Å². The van der Waals surface area contributed by atoms with Gasteiger partial charge in [-0.25, -0.2) is 0 Å². The quantitative estimate of drug-likeness (QED) is 0.615. The molecular weight excluding hydrogens is 232 g/mol. The van der Waals surface area contributed by atoms with Crippen LogP contribution in [0, 0.1) is 0 Å². The minimum absolute atomic E-state index is 0.172. The van der Waals surface area contributed by atoms with E-state index >= 15 is 0 Å². The van der Waals surface area contributed by atoms with E-state index in [1.165, 1.54) is 0 Å². The first kappa shape index (κ1) is 15.9. The molecule has 0 aromatic carbocycles. The number of aliphatic hydroxyl groups excluding tert-OH is 1. The van der Waals surface area contributed by atoms with E-state index < -0.39 is 0 Å². The number of nitrogens with zero attached hydrogens (tertiary/aromatic N) is 1. The van der Waals surface area contributed by atoms with Crippen molar-refractivity contribution in [1.29, 1.82) is 0 Å². The summed E-state index contributed by atoms with van der Waals surface area (Å²) in [6.45, 7) is 6.11. The Hall–Kier alpha value is -0.200. The molecule has 1 rings (SSSR count). The van der Waals surface area contributed by atoms with Crippen LogP contribution in [-0.4, -0.2) is 75.3 Å². The van der Waals surface area contributed by atoms with E-state index in [1.54, 1.807) is 14.2 Å². The molecule has 1 aliphatic rings. The summed E-state index contributed by atoms with van der Waals surface area (Å²) >= 11 is 0. The molecule has 1 heterocycles. The van der Waals surface area contributed by atoms with Crippen molar-refractivity contribution in [2.24, 2.45) is 0 Å². The zero-order valence-corrected chi connectivity index (χ0v) is 11.9. The summed E-state index contributed by atoms with van der Waals surface area (Å²) in [7, 11) is 3.47. The summed E-state index contributed by atoms with van der Waals surface area (Å²) in [5.41, 5.74) is 0. The van der Waals surface area contributed by atoms with Gasteiger partial charge in [-0.3, -0.25) is 4.90 Å². The van der Waals surface area contributed by atoms with Gasteiger partial charge in [-0.1, -0.05) is 6.92 Å². The highest BCUT2D eigenvalue weighted by Crippen LogP contribution is 2.16. The molecule has 0 radical (unpaired) electrons. The lowest BCUT2D eigenvalue weighted by atomic mass is 10.2. The highest BCUT2D eigenvalue weighted by atomic mass is 16.5. The molecule has 0 saturated carbocycles. The van der Waals surface area contributed by atoms with Gasteiger partial charge in [0.1, 0.15) is 0 Å². The number of hydrogen-bond acceptors (Lipinski definition) is 5. The lowest BCUT2D eigenvalue weighted by Gasteiger charge is -2.20. The minimum atomic E-state index is 0.172. The van der Waals surface area contributed by atoms with Crippen LogP contribution in [-0.2, 0) is 9.47 Å². The molecule has 0 spiro atoms. The van der Waals surface area contributed by atoms with Crippen LogP contribution in [0.5, 0.6) is 0 Å². The highest BCUT2D eigenvalue weighted by Gasteiger charge is 2.32. The van der Waals surface area contributed by atoms with E-state index in [2.05, 4.69) is 17.1 Å². The Morgan fingerprint density at radius 3 is 2.33 bits per heavy atom. The van der Waals surface area contributed by atoms with Gasteiger partial charge in [-0.05, 0) is 25.9 Å². The topological polar surface area (TPSA) is 54.0 Å². The Kier molecular flexibility index (Phi) is 7.77. The van der Waals surface area contributed by atoms with Crippen LogP contribution >= 0.6 is 0 Å². The Morgan fingerprint density at radius 2 is 1.89 bits per heavy atom. The average Bonchev–Trinajstić information content (AvgIpc) is 2.81. The SMILES string of the molecule is CCCNC(CO)CCN1CC(OC)C(OC)C1. The maximum atomic E-state index is 9.29. The fourth-order valence-electron chi connectivity index (χ4n) is 2.40. The summed E-state index contributed by atoms with van der Waals surface area (Å²) in [6.07, 6.45) is 2.40.